The van der Waals surface area contributed by atoms with Gasteiger partial charge in [-0.15, -0.1) is 0 Å². The second-order valence-corrected chi connectivity index (χ2v) is 10.2. The third-order valence-electron chi connectivity index (χ3n) is 4.61. The Kier molecular flexibility index (Phi) is 6.88. The molecule has 142 valence electrons. The fourth-order valence-electron chi connectivity index (χ4n) is 3.20. The number of hydrogen-bond acceptors (Lipinski definition) is 2. The molecular formula is C24H24N2SSe. The number of aryl methyl sites for hydroxylation is 1. The number of para-hydroxylation sites is 2. The Labute approximate surface area is 177 Å². The third kappa shape index (κ3) is 5.08. The van der Waals surface area contributed by atoms with Gasteiger partial charge in [0.05, 0.1) is 0 Å². The quantitative estimate of drug-likeness (QED) is 0.236. The summed E-state index contributed by atoms with van der Waals surface area (Å²) in [5, 5.41) is 2.42. The zero-order valence-electron chi connectivity index (χ0n) is 15.8. The average Bonchev–Trinajstić information content (AvgIpc) is 3.09. The van der Waals surface area contributed by atoms with E-state index in [1.54, 1.807) is 11.8 Å². The second-order valence-electron chi connectivity index (χ2n) is 6.67. The molecule has 4 aromatic rings. The van der Waals surface area contributed by atoms with Crippen LogP contribution in [0.5, 0.6) is 0 Å². The number of unbranched alkanes of at least 4 members (excludes halogenated alkanes) is 2. The van der Waals surface area contributed by atoms with Gasteiger partial charge >= 0.3 is 178 Å². The minimum absolute atomic E-state index is 0.608. The van der Waals surface area contributed by atoms with E-state index in [0.717, 1.165) is 17.2 Å². The summed E-state index contributed by atoms with van der Waals surface area (Å²) in [7, 11) is 0. The van der Waals surface area contributed by atoms with E-state index in [0.29, 0.717) is 15.0 Å². The summed E-state index contributed by atoms with van der Waals surface area (Å²) in [4.78, 5) is 6.13. The number of hydrogen-bond donors (Lipinski definition) is 0. The van der Waals surface area contributed by atoms with Gasteiger partial charge in [-0.3, -0.25) is 0 Å². The Bertz CT molecular complexity index is 999. The second kappa shape index (κ2) is 9.97. The van der Waals surface area contributed by atoms with E-state index >= 15 is 0 Å². The zero-order chi connectivity index (χ0) is 19.0. The normalized spacial score (nSPS) is 11.1. The van der Waals surface area contributed by atoms with Gasteiger partial charge < -0.3 is 0 Å². The molecule has 2 nitrogen and oxygen atoms in total. The van der Waals surface area contributed by atoms with E-state index < -0.39 is 0 Å². The van der Waals surface area contributed by atoms with Crippen LogP contribution in [0.1, 0.15) is 19.3 Å². The van der Waals surface area contributed by atoms with E-state index in [9.17, 15) is 0 Å². The van der Waals surface area contributed by atoms with Crippen molar-refractivity contribution in [2.24, 2.45) is 0 Å². The summed E-state index contributed by atoms with van der Waals surface area (Å²) in [5.74, 6) is 0. The Hall–Kier alpha value is -2.00. The molecule has 0 aliphatic rings. The summed E-state index contributed by atoms with van der Waals surface area (Å²) >= 11 is 2.37. The molecule has 0 saturated carbocycles. The van der Waals surface area contributed by atoms with Gasteiger partial charge in [-0.25, -0.2) is 0 Å². The number of aromatic nitrogens is 2. The van der Waals surface area contributed by atoms with Crippen LogP contribution in [0.15, 0.2) is 95.0 Å². The van der Waals surface area contributed by atoms with Gasteiger partial charge in [0.2, 0.25) is 0 Å². The fourth-order valence-corrected chi connectivity index (χ4v) is 6.10. The van der Waals surface area contributed by atoms with E-state index in [1.807, 2.05) is 0 Å². The van der Waals surface area contributed by atoms with Crippen molar-refractivity contribution in [3.8, 4) is 0 Å². The third-order valence-corrected chi connectivity index (χ3v) is 7.92. The van der Waals surface area contributed by atoms with Gasteiger partial charge in [0, 0.05) is 0 Å². The molecule has 1 heterocycles. The van der Waals surface area contributed by atoms with Gasteiger partial charge in [0.15, 0.2) is 0 Å². The zero-order valence-corrected chi connectivity index (χ0v) is 18.4. The number of imidazole rings is 1. The van der Waals surface area contributed by atoms with Crippen molar-refractivity contribution in [1.82, 2.24) is 9.55 Å². The van der Waals surface area contributed by atoms with E-state index in [4.69, 9.17) is 4.98 Å². The van der Waals surface area contributed by atoms with Crippen molar-refractivity contribution >= 4 is 42.2 Å². The number of nitrogens with zero attached hydrogens (tertiary/aromatic N) is 2. The molecular weight excluding hydrogens is 427 g/mol. The Balaban J connectivity index is 1.36. The molecule has 0 atom stereocenters. The Morgan fingerprint density at radius 3 is 2.29 bits per heavy atom. The van der Waals surface area contributed by atoms with Gasteiger partial charge in [0.1, 0.15) is 0 Å². The number of rotatable bonds is 9. The first-order chi connectivity index (χ1) is 13.9. The molecule has 4 rings (SSSR count). The molecule has 0 spiro atoms. The van der Waals surface area contributed by atoms with Crippen LogP contribution < -0.4 is 4.46 Å². The maximum atomic E-state index is 4.89. The molecule has 3 aromatic carbocycles. The van der Waals surface area contributed by atoms with Crippen molar-refractivity contribution in [2.45, 2.75) is 41.2 Å². The van der Waals surface area contributed by atoms with Gasteiger partial charge in [-0.05, 0) is 0 Å². The van der Waals surface area contributed by atoms with Crippen molar-refractivity contribution in [1.29, 1.82) is 0 Å². The topological polar surface area (TPSA) is 17.8 Å². The van der Waals surface area contributed by atoms with Gasteiger partial charge in [-0.2, -0.15) is 0 Å². The molecule has 0 N–H and O–H groups in total. The van der Waals surface area contributed by atoms with E-state index in [1.165, 1.54) is 39.5 Å². The number of fused-ring (bicyclic) bond motifs is 1. The van der Waals surface area contributed by atoms with Crippen LogP contribution in [0.25, 0.3) is 11.0 Å². The van der Waals surface area contributed by atoms with Crippen molar-refractivity contribution < 1.29 is 0 Å². The summed E-state index contributed by atoms with van der Waals surface area (Å²) in [6.07, 6.45) is 3.78. The molecule has 0 aliphatic heterocycles. The monoisotopic (exact) mass is 452 g/mol. The molecule has 0 bridgehead atoms. The SMILES string of the molecule is c1ccc(Sc2nc3ccccc3n2CCCCC[Se]c2ccccc2)cc1. The van der Waals surface area contributed by atoms with Crippen LogP contribution in [0, 0.1) is 0 Å². The van der Waals surface area contributed by atoms with Crippen LogP contribution in [-0.4, -0.2) is 24.5 Å². The summed E-state index contributed by atoms with van der Waals surface area (Å²) in [6.45, 7) is 1.04. The van der Waals surface area contributed by atoms with Gasteiger partial charge in [-0.1, -0.05) is 0 Å². The molecule has 4 heteroatoms. The number of benzene rings is 3. The molecule has 0 radical (unpaired) electrons. The van der Waals surface area contributed by atoms with Gasteiger partial charge in [0.25, 0.3) is 0 Å². The Morgan fingerprint density at radius 2 is 1.46 bits per heavy atom. The average molecular weight is 451 g/mol. The first kappa shape index (κ1) is 19.3. The molecule has 0 unspecified atom stereocenters. The Morgan fingerprint density at radius 1 is 0.750 bits per heavy atom. The first-order valence-corrected chi connectivity index (χ1v) is 12.6. The predicted octanol–water partition coefficient (Wildman–Crippen LogP) is 5.81. The molecule has 0 fully saturated rings. The standard InChI is InChI=1S/C24H24N2SSe/c1-4-12-20(13-5-1)27-24-25-22-16-8-9-17-23(22)26(24)18-10-3-11-19-28-21-14-6-2-7-15-21/h1-2,4-9,12-17H,3,10-11,18-19H2. The van der Waals surface area contributed by atoms with Crippen LogP contribution >= 0.6 is 11.8 Å². The minimum atomic E-state index is 0.608. The molecule has 1 aromatic heterocycles. The molecule has 0 amide bonds. The van der Waals surface area contributed by atoms with Crippen molar-refractivity contribution in [2.75, 3.05) is 0 Å². The summed E-state index contributed by atoms with van der Waals surface area (Å²) < 4.78 is 3.91. The van der Waals surface area contributed by atoms with E-state index in [-0.39, 0.29) is 0 Å². The molecule has 0 aliphatic carbocycles. The van der Waals surface area contributed by atoms with Crippen LogP contribution in [0.3, 0.4) is 0 Å². The summed E-state index contributed by atoms with van der Waals surface area (Å²) in [6, 6.07) is 29.9. The maximum absolute atomic E-state index is 4.89. The van der Waals surface area contributed by atoms with Crippen LogP contribution in [0.2, 0.25) is 5.32 Å². The predicted molar refractivity (Wildman–Crippen MR) is 121 cm³/mol. The van der Waals surface area contributed by atoms with E-state index in [2.05, 4.69) is 89.5 Å². The van der Waals surface area contributed by atoms with Crippen molar-refractivity contribution in [3.63, 3.8) is 0 Å². The van der Waals surface area contributed by atoms with Crippen molar-refractivity contribution in [3.05, 3.63) is 84.9 Å². The van der Waals surface area contributed by atoms with Crippen LogP contribution in [0.4, 0.5) is 0 Å². The van der Waals surface area contributed by atoms with Crippen LogP contribution in [-0.2, 0) is 6.54 Å². The first-order valence-electron chi connectivity index (χ1n) is 9.76. The molecule has 28 heavy (non-hydrogen) atoms. The molecule has 0 saturated heterocycles. The summed E-state index contributed by atoms with van der Waals surface area (Å²) in [5.41, 5.74) is 2.34. The fraction of sp³-hybridized carbons (Fsp3) is 0.208.